The van der Waals surface area contributed by atoms with E-state index in [9.17, 15) is 0 Å². The predicted octanol–water partition coefficient (Wildman–Crippen LogP) is 2.59. The summed E-state index contributed by atoms with van der Waals surface area (Å²) < 4.78 is 5.06. The summed E-state index contributed by atoms with van der Waals surface area (Å²) in [4.78, 5) is 13.3. The van der Waals surface area contributed by atoms with Crippen LogP contribution in [0, 0.1) is 0 Å². The Morgan fingerprint density at radius 1 is 1.29 bits per heavy atom. The Bertz CT molecular complexity index is 772. The summed E-state index contributed by atoms with van der Waals surface area (Å²) in [5.74, 6) is 0.632. The lowest BCUT2D eigenvalue weighted by molar-refractivity contribution is 0.568. The van der Waals surface area contributed by atoms with Crippen LogP contribution < -0.4 is 10.6 Å². The van der Waals surface area contributed by atoms with Crippen molar-refractivity contribution in [1.82, 2.24) is 20.3 Å². The number of pyridine rings is 1. The molecule has 0 aromatic carbocycles. The van der Waals surface area contributed by atoms with Crippen molar-refractivity contribution in [3.05, 3.63) is 36.9 Å². The van der Waals surface area contributed by atoms with Gasteiger partial charge < -0.3 is 15.1 Å². The Morgan fingerprint density at radius 2 is 2.19 bits per heavy atom. The fraction of sp³-hybridized carbons (Fsp3) is 0.143. The number of rotatable bonds is 3. The van der Waals surface area contributed by atoms with Gasteiger partial charge in [-0.05, 0) is 37.3 Å². The number of nitrogens with one attached hydrogen (secondary N) is 2. The summed E-state index contributed by atoms with van der Waals surface area (Å²) >= 11 is 5.14. The van der Waals surface area contributed by atoms with Crippen molar-refractivity contribution in [3.63, 3.8) is 0 Å². The number of nitrogens with zero attached hydrogens (tertiary/aromatic N) is 3. The van der Waals surface area contributed by atoms with Crippen LogP contribution in [0.1, 0.15) is 6.92 Å². The molecule has 3 aromatic rings. The fourth-order valence-corrected chi connectivity index (χ4v) is 2.09. The third kappa shape index (κ3) is 2.97. The number of thiocarbonyl (C=S) groups is 1. The summed E-state index contributed by atoms with van der Waals surface area (Å²) in [5.41, 5.74) is 2.86. The lowest BCUT2D eigenvalue weighted by Crippen LogP contribution is -2.28. The van der Waals surface area contributed by atoms with Crippen LogP contribution in [0.2, 0.25) is 0 Å². The molecule has 0 atom stereocenters. The first kappa shape index (κ1) is 13.4. The quantitative estimate of drug-likeness (QED) is 0.720. The van der Waals surface area contributed by atoms with Crippen molar-refractivity contribution in [2.75, 3.05) is 11.9 Å². The van der Waals surface area contributed by atoms with Crippen LogP contribution in [-0.4, -0.2) is 26.6 Å². The topological polar surface area (TPSA) is 75.9 Å². The SMILES string of the molecule is CCNC(=S)Nc1ccc2ncc(-c3ccoc3)nc2n1. The van der Waals surface area contributed by atoms with E-state index in [2.05, 4.69) is 25.6 Å². The van der Waals surface area contributed by atoms with Gasteiger partial charge in [0.1, 0.15) is 11.3 Å². The fourth-order valence-electron chi connectivity index (χ4n) is 1.84. The predicted molar refractivity (Wildman–Crippen MR) is 84.9 cm³/mol. The molecular weight excluding hydrogens is 286 g/mol. The van der Waals surface area contributed by atoms with Crippen molar-refractivity contribution in [2.45, 2.75) is 6.92 Å². The maximum absolute atomic E-state index is 5.14. The minimum atomic E-state index is 0.531. The van der Waals surface area contributed by atoms with Gasteiger partial charge in [-0.2, -0.15) is 0 Å². The molecule has 106 valence electrons. The number of hydrogen-bond donors (Lipinski definition) is 2. The highest BCUT2D eigenvalue weighted by atomic mass is 32.1. The molecule has 0 aliphatic rings. The zero-order chi connectivity index (χ0) is 14.7. The molecule has 7 heteroatoms. The standard InChI is InChI=1S/C14H13N5OS/c1-2-15-14(21)19-12-4-3-10-13(18-12)17-11(7-16-10)9-5-6-20-8-9/h3-8H,2H2,1H3,(H2,15,17,18,19,21). The van der Waals surface area contributed by atoms with Gasteiger partial charge in [0, 0.05) is 12.1 Å². The Labute approximate surface area is 126 Å². The molecule has 3 rings (SSSR count). The average molecular weight is 299 g/mol. The molecule has 0 bridgehead atoms. The monoisotopic (exact) mass is 299 g/mol. The molecule has 0 aliphatic heterocycles. The first-order valence-corrected chi connectivity index (χ1v) is 6.88. The molecule has 0 unspecified atom stereocenters. The van der Waals surface area contributed by atoms with Gasteiger partial charge in [0.15, 0.2) is 10.8 Å². The molecule has 6 nitrogen and oxygen atoms in total. The van der Waals surface area contributed by atoms with Crippen LogP contribution in [0.4, 0.5) is 5.82 Å². The molecule has 3 heterocycles. The van der Waals surface area contributed by atoms with E-state index in [1.54, 1.807) is 18.7 Å². The van der Waals surface area contributed by atoms with Crippen molar-refractivity contribution in [1.29, 1.82) is 0 Å². The van der Waals surface area contributed by atoms with Crippen LogP contribution in [0.5, 0.6) is 0 Å². The lowest BCUT2D eigenvalue weighted by atomic mass is 10.2. The Hall–Kier alpha value is -2.54. The van der Waals surface area contributed by atoms with Gasteiger partial charge in [-0.3, -0.25) is 4.98 Å². The lowest BCUT2D eigenvalue weighted by Gasteiger charge is -2.08. The maximum atomic E-state index is 5.14. The van der Waals surface area contributed by atoms with E-state index in [-0.39, 0.29) is 0 Å². The van der Waals surface area contributed by atoms with Crippen molar-refractivity contribution in [2.24, 2.45) is 0 Å². The van der Waals surface area contributed by atoms with Crippen LogP contribution in [0.25, 0.3) is 22.4 Å². The van der Waals surface area contributed by atoms with Crippen LogP contribution in [0.15, 0.2) is 41.3 Å². The molecule has 0 radical (unpaired) electrons. The number of aromatic nitrogens is 3. The second-order valence-electron chi connectivity index (χ2n) is 4.29. The van der Waals surface area contributed by atoms with E-state index in [0.29, 0.717) is 16.6 Å². The number of anilines is 1. The van der Waals surface area contributed by atoms with E-state index in [1.807, 2.05) is 25.1 Å². The summed E-state index contributed by atoms with van der Waals surface area (Å²) in [7, 11) is 0. The highest BCUT2D eigenvalue weighted by Crippen LogP contribution is 2.19. The zero-order valence-corrected chi connectivity index (χ0v) is 12.1. The van der Waals surface area contributed by atoms with Gasteiger partial charge in [-0.25, -0.2) is 9.97 Å². The number of fused-ring (bicyclic) bond motifs is 1. The normalized spacial score (nSPS) is 10.5. The molecule has 0 amide bonds. The number of furan rings is 1. The van der Waals surface area contributed by atoms with E-state index in [0.717, 1.165) is 23.3 Å². The molecule has 21 heavy (non-hydrogen) atoms. The molecule has 0 aliphatic carbocycles. The van der Waals surface area contributed by atoms with Gasteiger partial charge >= 0.3 is 0 Å². The Kier molecular flexibility index (Phi) is 3.74. The van der Waals surface area contributed by atoms with Crippen LogP contribution in [0.3, 0.4) is 0 Å². The average Bonchev–Trinajstić information content (AvgIpc) is 3.01. The summed E-state index contributed by atoms with van der Waals surface area (Å²) in [6.45, 7) is 2.73. The Morgan fingerprint density at radius 3 is 2.95 bits per heavy atom. The molecule has 0 fully saturated rings. The highest BCUT2D eigenvalue weighted by molar-refractivity contribution is 7.80. The second-order valence-corrected chi connectivity index (χ2v) is 4.70. The first-order valence-electron chi connectivity index (χ1n) is 6.47. The second kappa shape index (κ2) is 5.84. The van der Waals surface area contributed by atoms with E-state index >= 15 is 0 Å². The van der Waals surface area contributed by atoms with Gasteiger partial charge in [-0.1, -0.05) is 0 Å². The van der Waals surface area contributed by atoms with Crippen molar-refractivity contribution in [3.8, 4) is 11.3 Å². The molecule has 0 saturated carbocycles. The number of hydrogen-bond acceptors (Lipinski definition) is 5. The molecule has 2 N–H and O–H groups in total. The Balaban J connectivity index is 1.94. The van der Waals surface area contributed by atoms with Gasteiger partial charge in [0.25, 0.3) is 0 Å². The maximum Gasteiger partial charge on any atom is 0.180 e. The minimum Gasteiger partial charge on any atom is -0.472 e. The molecular formula is C14H13N5OS. The smallest absolute Gasteiger partial charge is 0.180 e. The van der Waals surface area contributed by atoms with Gasteiger partial charge in [0.05, 0.1) is 24.4 Å². The molecule has 0 spiro atoms. The van der Waals surface area contributed by atoms with Gasteiger partial charge in [0.2, 0.25) is 0 Å². The van der Waals surface area contributed by atoms with Crippen molar-refractivity contribution >= 4 is 34.3 Å². The van der Waals surface area contributed by atoms with E-state index < -0.39 is 0 Å². The summed E-state index contributed by atoms with van der Waals surface area (Å²) in [6.07, 6.45) is 4.92. The largest absolute Gasteiger partial charge is 0.472 e. The van der Waals surface area contributed by atoms with Crippen LogP contribution >= 0.6 is 12.2 Å². The highest BCUT2D eigenvalue weighted by Gasteiger charge is 2.06. The third-order valence-corrected chi connectivity index (χ3v) is 3.05. The molecule has 0 saturated heterocycles. The zero-order valence-electron chi connectivity index (χ0n) is 11.3. The summed E-state index contributed by atoms with van der Waals surface area (Å²) in [5, 5.41) is 6.55. The third-order valence-electron chi connectivity index (χ3n) is 2.80. The summed E-state index contributed by atoms with van der Waals surface area (Å²) in [6, 6.07) is 5.50. The minimum absolute atomic E-state index is 0.531. The van der Waals surface area contributed by atoms with E-state index in [1.165, 1.54) is 0 Å². The van der Waals surface area contributed by atoms with Crippen LogP contribution in [-0.2, 0) is 0 Å². The first-order chi connectivity index (χ1) is 10.3. The molecule has 3 aromatic heterocycles. The van der Waals surface area contributed by atoms with E-state index in [4.69, 9.17) is 16.6 Å². The van der Waals surface area contributed by atoms with Crippen molar-refractivity contribution < 1.29 is 4.42 Å². The van der Waals surface area contributed by atoms with Gasteiger partial charge in [-0.15, -0.1) is 0 Å².